The largest absolute Gasteiger partial charge is 0.267 e. The first-order valence-electron chi connectivity index (χ1n) is 4.72. The molecule has 74 valence electrons. The average molecular weight is 197 g/mol. The lowest BCUT2D eigenvalue weighted by atomic mass is 10.1. The van der Waals surface area contributed by atoms with Crippen molar-refractivity contribution in [2.45, 2.75) is 6.92 Å². The number of hydrogen-bond donors (Lipinski definition) is 0. The molecule has 0 amide bonds. The van der Waals surface area contributed by atoms with Gasteiger partial charge in [0.15, 0.2) is 5.69 Å². The van der Waals surface area contributed by atoms with E-state index in [4.69, 9.17) is 5.26 Å². The Hall–Kier alpha value is -2.08. The van der Waals surface area contributed by atoms with Crippen LogP contribution in [0.4, 0.5) is 0 Å². The molecular formula is C12H11N3. The summed E-state index contributed by atoms with van der Waals surface area (Å²) in [5.74, 6) is 0. The maximum absolute atomic E-state index is 8.74. The molecule has 3 nitrogen and oxygen atoms in total. The van der Waals surface area contributed by atoms with Crippen molar-refractivity contribution in [1.29, 1.82) is 5.26 Å². The number of aryl methyl sites for hydroxylation is 2. The third-order valence-electron chi connectivity index (χ3n) is 2.34. The van der Waals surface area contributed by atoms with Gasteiger partial charge in [-0.05, 0) is 12.5 Å². The molecule has 0 spiro atoms. The number of rotatable bonds is 1. The van der Waals surface area contributed by atoms with Gasteiger partial charge >= 0.3 is 0 Å². The monoisotopic (exact) mass is 197 g/mol. The van der Waals surface area contributed by atoms with Crippen molar-refractivity contribution in [3.8, 4) is 17.3 Å². The van der Waals surface area contributed by atoms with Gasteiger partial charge < -0.3 is 0 Å². The summed E-state index contributed by atoms with van der Waals surface area (Å²) < 4.78 is 1.73. The van der Waals surface area contributed by atoms with E-state index in [9.17, 15) is 0 Å². The second-order valence-corrected chi connectivity index (χ2v) is 3.52. The molecule has 0 atom stereocenters. The number of nitriles is 1. The van der Waals surface area contributed by atoms with E-state index in [-0.39, 0.29) is 0 Å². The van der Waals surface area contributed by atoms with Gasteiger partial charge in [0.1, 0.15) is 6.07 Å². The quantitative estimate of drug-likeness (QED) is 0.703. The van der Waals surface area contributed by atoms with Gasteiger partial charge in [-0.2, -0.15) is 10.4 Å². The molecule has 2 aromatic rings. The molecule has 0 fully saturated rings. The fourth-order valence-electron chi connectivity index (χ4n) is 1.52. The zero-order valence-electron chi connectivity index (χ0n) is 8.73. The van der Waals surface area contributed by atoms with Crippen LogP contribution in [0.2, 0.25) is 0 Å². The van der Waals surface area contributed by atoms with E-state index in [0.717, 1.165) is 11.3 Å². The predicted molar refractivity (Wildman–Crippen MR) is 58.1 cm³/mol. The molecule has 0 N–H and O–H groups in total. The maximum Gasteiger partial charge on any atom is 0.163 e. The van der Waals surface area contributed by atoms with Gasteiger partial charge in [-0.15, -0.1) is 0 Å². The van der Waals surface area contributed by atoms with Gasteiger partial charge in [-0.3, -0.25) is 4.68 Å². The lowest BCUT2D eigenvalue weighted by molar-refractivity contribution is 0.771. The van der Waals surface area contributed by atoms with Gasteiger partial charge in [0.05, 0.1) is 5.69 Å². The van der Waals surface area contributed by atoms with Gasteiger partial charge in [-0.25, -0.2) is 0 Å². The Labute approximate surface area is 88.6 Å². The second kappa shape index (κ2) is 3.58. The Morgan fingerprint density at radius 2 is 1.93 bits per heavy atom. The summed E-state index contributed by atoms with van der Waals surface area (Å²) in [6, 6.07) is 12.0. The lowest BCUT2D eigenvalue weighted by Gasteiger charge is -2.01. The van der Waals surface area contributed by atoms with Crippen LogP contribution in [0.1, 0.15) is 11.3 Å². The minimum Gasteiger partial charge on any atom is -0.267 e. The first-order valence-corrected chi connectivity index (χ1v) is 4.72. The lowest BCUT2D eigenvalue weighted by Crippen LogP contribution is -1.93. The summed E-state index contributed by atoms with van der Waals surface area (Å²) in [7, 11) is 1.84. The molecule has 15 heavy (non-hydrogen) atoms. The number of aromatic nitrogens is 2. The molecule has 3 heteroatoms. The molecule has 1 aromatic carbocycles. The van der Waals surface area contributed by atoms with Crippen LogP contribution in [0, 0.1) is 18.3 Å². The molecule has 0 aliphatic carbocycles. The van der Waals surface area contributed by atoms with Crippen LogP contribution in [-0.4, -0.2) is 9.78 Å². The van der Waals surface area contributed by atoms with Crippen molar-refractivity contribution < 1.29 is 0 Å². The van der Waals surface area contributed by atoms with Crippen LogP contribution >= 0.6 is 0 Å². The minimum absolute atomic E-state index is 0.452. The molecular weight excluding hydrogens is 186 g/mol. The SMILES string of the molecule is Cc1ccc(-c2cc(C#N)nn2C)cc1. The molecule has 0 saturated heterocycles. The third-order valence-corrected chi connectivity index (χ3v) is 2.34. The predicted octanol–water partition coefficient (Wildman–Crippen LogP) is 2.27. The van der Waals surface area contributed by atoms with E-state index in [1.807, 2.05) is 44.3 Å². The normalized spacial score (nSPS) is 9.93. The molecule has 0 unspecified atom stereocenters. The van der Waals surface area contributed by atoms with Crippen LogP contribution < -0.4 is 0 Å². The van der Waals surface area contributed by atoms with Crippen LogP contribution in [0.15, 0.2) is 30.3 Å². The molecule has 0 aliphatic heterocycles. The Bertz CT molecular complexity index is 515. The summed E-state index contributed by atoms with van der Waals surface area (Å²) in [4.78, 5) is 0. The van der Waals surface area contributed by atoms with Crippen molar-refractivity contribution >= 4 is 0 Å². The number of nitrogens with zero attached hydrogens (tertiary/aromatic N) is 3. The summed E-state index contributed by atoms with van der Waals surface area (Å²) in [6.45, 7) is 2.05. The zero-order chi connectivity index (χ0) is 10.8. The summed E-state index contributed by atoms with van der Waals surface area (Å²) >= 11 is 0. The number of benzene rings is 1. The fourth-order valence-corrected chi connectivity index (χ4v) is 1.52. The Morgan fingerprint density at radius 1 is 1.27 bits per heavy atom. The first-order chi connectivity index (χ1) is 7.20. The van der Waals surface area contributed by atoms with Crippen LogP contribution in [0.5, 0.6) is 0 Å². The van der Waals surface area contributed by atoms with Crippen LogP contribution in [-0.2, 0) is 7.05 Å². The van der Waals surface area contributed by atoms with E-state index < -0.39 is 0 Å². The first kappa shape index (κ1) is 9.47. The van der Waals surface area contributed by atoms with E-state index in [2.05, 4.69) is 5.10 Å². The molecule has 0 radical (unpaired) electrons. The van der Waals surface area contributed by atoms with Crippen molar-refractivity contribution in [2.24, 2.45) is 7.05 Å². The Kier molecular flexibility index (Phi) is 2.26. The molecule has 2 rings (SSSR count). The molecule has 0 saturated carbocycles. The van der Waals surface area contributed by atoms with Crippen molar-refractivity contribution in [3.63, 3.8) is 0 Å². The highest BCUT2D eigenvalue weighted by molar-refractivity contribution is 5.61. The number of hydrogen-bond acceptors (Lipinski definition) is 2. The van der Waals surface area contributed by atoms with E-state index in [1.165, 1.54) is 5.56 Å². The zero-order valence-corrected chi connectivity index (χ0v) is 8.73. The second-order valence-electron chi connectivity index (χ2n) is 3.52. The standard InChI is InChI=1S/C12H11N3/c1-9-3-5-10(6-4-9)12-7-11(8-13)14-15(12)2/h3-7H,1-2H3. The van der Waals surface area contributed by atoms with Gasteiger partial charge in [-0.1, -0.05) is 29.8 Å². The van der Waals surface area contributed by atoms with E-state index in [1.54, 1.807) is 10.7 Å². The topological polar surface area (TPSA) is 41.6 Å². The van der Waals surface area contributed by atoms with Crippen molar-refractivity contribution in [3.05, 3.63) is 41.6 Å². The Balaban J connectivity index is 2.50. The fraction of sp³-hybridized carbons (Fsp3) is 0.167. The van der Waals surface area contributed by atoms with Gasteiger partial charge in [0.2, 0.25) is 0 Å². The highest BCUT2D eigenvalue weighted by Gasteiger charge is 2.05. The highest BCUT2D eigenvalue weighted by Crippen LogP contribution is 2.19. The van der Waals surface area contributed by atoms with Crippen molar-refractivity contribution in [1.82, 2.24) is 9.78 Å². The van der Waals surface area contributed by atoms with Crippen LogP contribution in [0.3, 0.4) is 0 Å². The van der Waals surface area contributed by atoms with E-state index >= 15 is 0 Å². The minimum atomic E-state index is 0.452. The van der Waals surface area contributed by atoms with Crippen LogP contribution in [0.25, 0.3) is 11.3 Å². The molecule has 0 aliphatic rings. The molecule has 1 aromatic heterocycles. The van der Waals surface area contributed by atoms with Crippen molar-refractivity contribution in [2.75, 3.05) is 0 Å². The van der Waals surface area contributed by atoms with Gasteiger partial charge in [0, 0.05) is 13.1 Å². The molecule has 1 heterocycles. The highest BCUT2D eigenvalue weighted by atomic mass is 15.3. The summed E-state index contributed by atoms with van der Waals surface area (Å²) in [6.07, 6.45) is 0. The van der Waals surface area contributed by atoms with E-state index in [0.29, 0.717) is 5.69 Å². The third kappa shape index (κ3) is 1.75. The Morgan fingerprint density at radius 3 is 2.47 bits per heavy atom. The summed E-state index contributed by atoms with van der Waals surface area (Å²) in [5, 5.41) is 12.8. The molecule has 0 bridgehead atoms. The average Bonchev–Trinajstić information content (AvgIpc) is 2.61. The maximum atomic E-state index is 8.74. The smallest absolute Gasteiger partial charge is 0.163 e. The van der Waals surface area contributed by atoms with Gasteiger partial charge in [0.25, 0.3) is 0 Å². The summed E-state index contributed by atoms with van der Waals surface area (Å²) in [5.41, 5.74) is 3.72.